The summed E-state index contributed by atoms with van der Waals surface area (Å²) in [5.74, 6) is 3.10. The van der Waals surface area contributed by atoms with Gasteiger partial charge < -0.3 is 11.1 Å². The number of hydrogen-bond acceptors (Lipinski definition) is 4. The number of nitrogens with one attached hydrogen (secondary N) is 1. The Balaban J connectivity index is 2.12. The first-order valence-electron chi connectivity index (χ1n) is 8.32. The molecule has 4 nitrogen and oxygen atoms in total. The Kier molecular flexibility index (Phi) is 5.07. The highest BCUT2D eigenvalue weighted by atomic mass is 15.1. The fourth-order valence-electron chi connectivity index (χ4n) is 3.63. The molecule has 1 aromatic heterocycles. The number of aryl methyl sites for hydroxylation is 1. The van der Waals surface area contributed by atoms with Gasteiger partial charge in [-0.05, 0) is 37.5 Å². The van der Waals surface area contributed by atoms with E-state index in [0.29, 0.717) is 11.2 Å². The number of nitrogen functional groups attached to an aromatic ring is 1. The van der Waals surface area contributed by atoms with Crippen molar-refractivity contribution in [3.63, 3.8) is 0 Å². The van der Waals surface area contributed by atoms with E-state index in [-0.39, 0.29) is 0 Å². The SMILES string of the molecule is CCc1nc(N)c(C)c(NCC2(CC(C)C)CCCC2)n1. The number of aromatic nitrogens is 2. The fraction of sp³-hybridized carbons (Fsp3) is 0.765. The molecule has 2 rings (SSSR count). The molecule has 0 atom stereocenters. The fourth-order valence-corrected chi connectivity index (χ4v) is 3.63. The van der Waals surface area contributed by atoms with E-state index in [1.54, 1.807) is 0 Å². The quantitative estimate of drug-likeness (QED) is 0.832. The van der Waals surface area contributed by atoms with Crippen molar-refractivity contribution in [2.45, 2.75) is 66.2 Å². The first-order chi connectivity index (χ1) is 9.96. The van der Waals surface area contributed by atoms with Crippen LogP contribution in [0.15, 0.2) is 0 Å². The molecule has 1 saturated carbocycles. The van der Waals surface area contributed by atoms with Gasteiger partial charge in [0.15, 0.2) is 0 Å². The molecule has 0 bridgehead atoms. The lowest BCUT2D eigenvalue weighted by Gasteiger charge is -2.31. The largest absolute Gasteiger partial charge is 0.383 e. The van der Waals surface area contributed by atoms with E-state index >= 15 is 0 Å². The first-order valence-corrected chi connectivity index (χ1v) is 8.32. The van der Waals surface area contributed by atoms with Crippen LogP contribution >= 0.6 is 0 Å². The normalized spacial score (nSPS) is 17.4. The van der Waals surface area contributed by atoms with Crippen molar-refractivity contribution in [3.8, 4) is 0 Å². The lowest BCUT2D eigenvalue weighted by molar-refractivity contribution is 0.252. The second kappa shape index (κ2) is 6.63. The van der Waals surface area contributed by atoms with Crippen LogP contribution < -0.4 is 11.1 Å². The molecule has 118 valence electrons. The van der Waals surface area contributed by atoms with Crippen LogP contribution in [0.3, 0.4) is 0 Å². The van der Waals surface area contributed by atoms with Crippen molar-refractivity contribution >= 4 is 11.6 Å². The van der Waals surface area contributed by atoms with Crippen LogP contribution in [-0.4, -0.2) is 16.5 Å². The van der Waals surface area contributed by atoms with Crippen molar-refractivity contribution < 1.29 is 0 Å². The lowest BCUT2D eigenvalue weighted by Crippen LogP contribution is -2.29. The Hall–Kier alpha value is -1.32. The standard InChI is InChI=1S/C17H30N4/c1-5-14-20-15(18)13(4)16(21-14)19-11-17(10-12(2)3)8-6-7-9-17/h12H,5-11H2,1-4H3,(H3,18,19,20,21). The second-order valence-corrected chi connectivity index (χ2v) is 7.01. The minimum atomic E-state index is 0.437. The molecule has 1 aliphatic rings. The van der Waals surface area contributed by atoms with Crippen LogP contribution in [0.5, 0.6) is 0 Å². The zero-order valence-electron chi connectivity index (χ0n) is 14.0. The molecule has 0 aromatic carbocycles. The summed E-state index contributed by atoms with van der Waals surface area (Å²) in [5.41, 5.74) is 7.42. The minimum Gasteiger partial charge on any atom is -0.383 e. The van der Waals surface area contributed by atoms with Gasteiger partial charge in [0.25, 0.3) is 0 Å². The summed E-state index contributed by atoms with van der Waals surface area (Å²) in [4.78, 5) is 8.94. The molecule has 0 aliphatic heterocycles. The number of nitrogens with zero attached hydrogens (tertiary/aromatic N) is 2. The average Bonchev–Trinajstić information content (AvgIpc) is 2.88. The van der Waals surface area contributed by atoms with Crippen molar-refractivity contribution in [3.05, 3.63) is 11.4 Å². The number of hydrogen-bond donors (Lipinski definition) is 2. The average molecular weight is 290 g/mol. The summed E-state index contributed by atoms with van der Waals surface area (Å²) in [7, 11) is 0. The summed E-state index contributed by atoms with van der Waals surface area (Å²) in [6, 6.07) is 0. The van der Waals surface area contributed by atoms with Gasteiger partial charge in [-0.15, -0.1) is 0 Å². The van der Waals surface area contributed by atoms with Crippen molar-refractivity contribution in [1.29, 1.82) is 0 Å². The van der Waals surface area contributed by atoms with E-state index < -0.39 is 0 Å². The molecule has 21 heavy (non-hydrogen) atoms. The van der Waals surface area contributed by atoms with Crippen molar-refractivity contribution in [2.24, 2.45) is 11.3 Å². The van der Waals surface area contributed by atoms with Gasteiger partial charge in [-0.3, -0.25) is 0 Å². The molecular weight excluding hydrogens is 260 g/mol. The third kappa shape index (κ3) is 3.86. The predicted octanol–water partition coefficient (Wildman–Crippen LogP) is 3.95. The smallest absolute Gasteiger partial charge is 0.134 e. The van der Waals surface area contributed by atoms with Gasteiger partial charge >= 0.3 is 0 Å². The molecular formula is C17H30N4. The van der Waals surface area contributed by atoms with E-state index in [4.69, 9.17) is 5.73 Å². The summed E-state index contributed by atoms with van der Waals surface area (Å²) < 4.78 is 0. The highest BCUT2D eigenvalue weighted by Crippen LogP contribution is 2.43. The maximum Gasteiger partial charge on any atom is 0.134 e. The minimum absolute atomic E-state index is 0.437. The van der Waals surface area contributed by atoms with E-state index in [9.17, 15) is 0 Å². The van der Waals surface area contributed by atoms with Crippen molar-refractivity contribution in [2.75, 3.05) is 17.6 Å². The van der Waals surface area contributed by atoms with Gasteiger partial charge in [-0.25, -0.2) is 9.97 Å². The van der Waals surface area contributed by atoms with Crippen LogP contribution in [0.4, 0.5) is 11.6 Å². The van der Waals surface area contributed by atoms with Gasteiger partial charge in [0.2, 0.25) is 0 Å². The van der Waals surface area contributed by atoms with Crippen LogP contribution in [-0.2, 0) is 6.42 Å². The molecule has 0 saturated heterocycles. The molecule has 1 heterocycles. The molecule has 4 heteroatoms. The Labute approximate surface area is 128 Å². The first kappa shape index (κ1) is 16.1. The molecule has 1 aliphatic carbocycles. The number of rotatable bonds is 6. The molecule has 0 spiro atoms. The van der Waals surface area contributed by atoms with Gasteiger partial charge in [0, 0.05) is 18.5 Å². The van der Waals surface area contributed by atoms with Crippen molar-refractivity contribution in [1.82, 2.24) is 9.97 Å². The van der Waals surface area contributed by atoms with E-state index in [0.717, 1.165) is 36.1 Å². The topological polar surface area (TPSA) is 63.8 Å². The van der Waals surface area contributed by atoms with Gasteiger partial charge in [-0.2, -0.15) is 0 Å². The van der Waals surface area contributed by atoms with Gasteiger partial charge in [0.1, 0.15) is 17.5 Å². The summed E-state index contributed by atoms with van der Waals surface area (Å²) in [6.07, 6.45) is 7.49. The Morgan fingerprint density at radius 1 is 1.24 bits per heavy atom. The van der Waals surface area contributed by atoms with Crippen LogP contribution in [0.1, 0.15) is 64.3 Å². The zero-order valence-corrected chi connectivity index (χ0v) is 14.0. The van der Waals surface area contributed by atoms with Crippen LogP contribution in [0.2, 0.25) is 0 Å². The summed E-state index contributed by atoms with van der Waals surface area (Å²) in [6.45, 7) is 9.71. The second-order valence-electron chi connectivity index (χ2n) is 7.01. The molecule has 0 radical (unpaired) electrons. The maximum atomic E-state index is 6.00. The monoisotopic (exact) mass is 290 g/mol. The predicted molar refractivity (Wildman–Crippen MR) is 89.4 cm³/mol. The number of nitrogens with two attached hydrogens (primary N) is 1. The third-order valence-corrected chi connectivity index (χ3v) is 4.68. The Morgan fingerprint density at radius 3 is 2.48 bits per heavy atom. The van der Waals surface area contributed by atoms with E-state index in [1.165, 1.54) is 32.1 Å². The zero-order chi connectivity index (χ0) is 15.5. The Bertz CT molecular complexity index is 476. The summed E-state index contributed by atoms with van der Waals surface area (Å²) in [5, 5.41) is 3.59. The molecule has 1 fully saturated rings. The van der Waals surface area contributed by atoms with E-state index in [2.05, 4.69) is 36.1 Å². The lowest BCUT2D eigenvalue weighted by atomic mass is 9.78. The molecule has 1 aromatic rings. The van der Waals surface area contributed by atoms with Crippen LogP contribution in [0, 0.1) is 18.3 Å². The number of anilines is 2. The maximum absolute atomic E-state index is 6.00. The third-order valence-electron chi connectivity index (χ3n) is 4.68. The highest BCUT2D eigenvalue weighted by Gasteiger charge is 2.34. The highest BCUT2D eigenvalue weighted by molar-refractivity contribution is 5.54. The molecule has 0 amide bonds. The van der Waals surface area contributed by atoms with E-state index in [1.807, 2.05) is 6.92 Å². The van der Waals surface area contributed by atoms with Crippen LogP contribution in [0.25, 0.3) is 0 Å². The molecule has 3 N–H and O–H groups in total. The molecule has 0 unspecified atom stereocenters. The Morgan fingerprint density at radius 2 is 1.90 bits per heavy atom. The summed E-state index contributed by atoms with van der Waals surface area (Å²) >= 11 is 0. The van der Waals surface area contributed by atoms with Gasteiger partial charge in [0.05, 0.1) is 0 Å². The van der Waals surface area contributed by atoms with Gasteiger partial charge in [-0.1, -0.05) is 33.6 Å².